The maximum absolute atomic E-state index is 13.3. The zero-order valence-corrected chi connectivity index (χ0v) is 16.0. The first-order valence-electron chi connectivity index (χ1n) is 8.10. The molecule has 1 atom stereocenters. The van der Waals surface area contributed by atoms with E-state index in [-0.39, 0.29) is 12.4 Å². The summed E-state index contributed by atoms with van der Waals surface area (Å²) >= 11 is 2.22. The fourth-order valence-corrected chi connectivity index (χ4v) is 3.29. The summed E-state index contributed by atoms with van der Waals surface area (Å²) in [5, 5.41) is 2.89. The SMILES string of the molecule is O=C(NC(c1ccc(F)cc1)c1ccccc1I)OCc1ccccc1. The van der Waals surface area contributed by atoms with E-state index in [2.05, 4.69) is 27.9 Å². The summed E-state index contributed by atoms with van der Waals surface area (Å²) in [7, 11) is 0. The van der Waals surface area contributed by atoms with Gasteiger partial charge in [-0.25, -0.2) is 9.18 Å². The molecule has 5 heteroatoms. The van der Waals surface area contributed by atoms with Crippen LogP contribution in [0.3, 0.4) is 0 Å². The zero-order chi connectivity index (χ0) is 18.4. The molecule has 1 amide bonds. The fourth-order valence-electron chi connectivity index (χ4n) is 2.59. The molecule has 0 saturated carbocycles. The summed E-state index contributed by atoms with van der Waals surface area (Å²) in [6, 6.07) is 22.9. The van der Waals surface area contributed by atoms with E-state index in [9.17, 15) is 9.18 Å². The third-order valence-electron chi connectivity index (χ3n) is 3.89. The molecule has 132 valence electrons. The van der Waals surface area contributed by atoms with E-state index in [1.54, 1.807) is 12.1 Å². The molecule has 0 bridgehead atoms. The lowest BCUT2D eigenvalue weighted by molar-refractivity contribution is 0.137. The number of carbonyl (C=O) groups is 1. The first kappa shape index (κ1) is 18.4. The molecule has 0 heterocycles. The molecular formula is C21H17FINO2. The molecule has 3 nitrogen and oxygen atoms in total. The Morgan fingerprint density at radius 2 is 1.62 bits per heavy atom. The van der Waals surface area contributed by atoms with Crippen LogP contribution in [0.25, 0.3) is 0 Å². The van der Waals surface area contributed by atoms with Crippen LogP contribution in [0.15, 0.2) is 78.9 Å². The predicted molar refractivity (Wildman–Crippen MR) is 107 cm³/mol. The summed E-state index contributed by atoms with van der Waals surface area (Å²) < 4.78 is 19.6. The van der Waals surface area contributed by atoms with E-state index in [0.717, 1.165) is 20.3 Å². The Hall–Kier alpha value is -2.41. The Bertz CT molecular complexity index is 869. The Morgan fingerprint density at radius 1 is 0.962 bits per heavy atom. The van der Waals surface area contributed by atoms with Crippen LogP contribution < -0.4 is 5.32 Å². The van der Waals surface area contributed by atoms with E-state index < -0.39 is 12.1 Å². The molecule has 3 rings (SSSR count). The highest BCUT2D eigenvalue weighted by molar-refractivity contribution is 14.1. The lowest BCUT2D eigenvalue weighted by Crippen LogP contribution is -2.30. The molecular weight excluding hydrogens is 444 g/mol. The number of alkyl carbamates (subject to hydrolysis) is 1. The van der Waals surface area contributed by atoms with E-state index in [1.165, 1.54) is 12.1 Å². The van der Waals surface area contributed by atoms with Crippen molar-refractivity contribution >= 4 is 28.7 Å². The second kappa shape index (κ2) is 8.80. The van der Waals surface area contributed by atoms with Gasteiger partial charge < -0.3 is 10.1 Å². The molecule has 0 spiro atoms. The molecule has 26 heavy (non-hydrogen) atoms. The summed E-state index contributed by atoms with van der Waals surface area (Å²) in [5.41, 5.74) is 2.62. The Labute approximate surface area is 165 Å². The number of carbonyl (C=O) groups excluding carboxylic acids is 1. The molecule has 0 aliphatic heterocycles. The molecule has 0 aliphatic carbocycles. The van der Waals surface area contributed by atoms with Gasteiger partial charge in [0.15, 0.2) is 0 Å². The van der Waals surface area contributed by atoms with Gasteiger partial charge in [0.1, 0.15) is 12.4 Å². The summed E-state index contributed by atoms with van der Waals surface area (Å²) in [6.07, 6.45) is -0.525. The first-order valence-corrected chi connectivity index (χ1v) is 9.18. The fraction of sp³-hybridized carbons (Fsp3) is 0.0952. The molecule has 0 radical (unpaired) electrons. The highest BCUT2D eigenvalue weighted by atomic mass is 127. The molecule has 1 unspecified atom stereocenters. The van der Waals surface area contributed by atoms with Gasteiger partial charge in [0.05, 0.1) is 6.04 Å². The smallest absolute Gasteiger partial charge is 0.408 e. The zero-order valence-electron chi connectivity index (χ0n) is 13.9. The largest absolute Gasteiger partial charge is 0.445 e. The lowest BCUT2D eigenvalue weighted by atomic mass is 9.99. The number of hydrogen-bond donors (Lipinski definition) is 1. The highest BCUT2D eigenvalue weighted by Crippen LogP contribution is 2.26. The van der Waals surface area contributed by atoms with Gasteiger partial charge in [-0.05, 0) is 57.5 Å². The second-order valence-electron chi connectivity index (χ2n) is 5.71. The number of nitrogens with one attached hydrogen (secondary N) is 1. The number of rotatable bonds is 5. The van der Waals surface area contributed by atoms with Crippen LogP contribution in [-0.2, 0) is 11.3 Å². The number of hydrogen-bond acceptors (Lipinski definition) is 2. The average Bonchev–Trinajstić information content (AvgIpc) is 2.67. The van der Waals surface area contributed by atoms with E-state index in [1.807, 2.05) is 54.6 Å². The van der Waals surface area contributed by atoms with E-state index >= 15 is 0 Å². The van der Waals surface area contributed by atoms with Crippen molar-refractivity contribution in [2.75, 3.05) is 0 Å². The van der Waals surface area contributed by atoms with Gasteiger partial charge in [0, 0.05) is 3.57 Å². The van der Waals surface area contributed by atoms with Crippen molar-refractivity contribution in [3.63, 3.8) is 0 Å². The number of halogens is 2. The molecule has 3 aromatic rings. The van der Waals surface area contributed by atoms with Gasteiger partial charge >= 0.3 is 6.09 Å². The van der Waals surface area contributed by atoms with E-state index in [0.29, 0.717) is 0 Å². The Morgan fingerprint density at radius 3 is 2.31 bits per heavy atom. The number of benzene rings is 3. The van der Waals surface area contributed by atoms with Gasteiger partial charge in [-0.2, -0.15) is 0 Å². The van der Waals surface area contributed by atoms with Crippen molar-refractivity contribution in [2.45, 2.75) is 12.6 Å². The van der Waals surface area contributed by atoms with Gasteiger partial charge in [0.25, 0.3) is 0 Å². The van der Waals surface area contributed by atoms with Crippen molar-refractivity contribution in [3.8, 4) is 0 Å². The number of ether oxygens (including phenoxy) is 1. The molecule has 1 N–H and O–H groups in total. The van der Waals surface area contributed by atoms with Crippen LogP contribution in [0.1, 0.15) is 22.7 Å². The monoisotopic (exact) mass is 461 g/mol. The van der Waals surface area contributed by atoms with Crippen molar-refractivity contribution in [3.05, 3.63) is 105 Å². The number of amides is 1. The minimum atomic E-state index is -0.525. The van der Waals surface area contributed by atoms with Crippen LogP contribution in [0.5, 0.6) is 0 Å². The standard InChI is InChI=1S/C21H17FINO2/c22-17-12-10-16(11-13-17)20(18-8-4-5-9-19(18)23)24-21(25)26-14-15-6-2-1-3-7-15/h1-13,20H,14H2,(H,24,25). The summed E-state index contributed by atoms with van der Waals surface area (Å²) in [4.78, 5) is 12.3. The normalized spacial score (nSPS) is 11.6. The molecule has 0 saturated heterocycles. The molecule has 0 aliphatic rings. The van der Waals surface area contributed by atoms with Crippen LogP contribution in [-0.4, -0.2) is 6.09 Å². The van der Waals surface area contributed by atoms with E-state index in [4.69, 9.17) is 4.74 Å². The molecule has 3 aromatic carbocycles. The van der Waals surface area contributed by atoms with Gasteiger partial charge in [-0.15, -0.1) is 0 Å². The third kappa shape index (κ3) is 4.82. The average molecular weight is 461 g/mol. The molecule has 0 aromatic heterocycles. The highest BCUT2D eigenvalue weighted by Gasteiger charge is 2.20. The van der Waals surface area contributed by atoms with Crippen LogP contribution in [0.2, 0.25) is 0 Å². The van der Waals surface area contributed by atoms with Crippen molar-refractivity contribution in [1.29, 1.82) is 0 Å². The van der Waals surface area contributed by atoms with Gasteiger partial charge in [-0.1, -0.05) is 60.7 Å². The summed E-state index contributed by atoms with van der Waals surface area (Å²) in [5.74, 6) is -0.318. The van der Waals surface area contributed by atoms with Crippen LogP contribution in [0.4, 0.5) is 9.18 Å². The third-order valence-corrected chi connectivity index (χ3v) is 4.88. The Balaban J connectivity index is 1.78. The molecule has 0 fully saturated rings. The quantitative estimate of drug-likeness (QED) is 0.514. The lowest BCUT2D eigenvalue weighted by Gasteiger charge is -2.21. The first-order chi connectivity index (χ1) is 12.6. The van der Waals surface area contributed by atoms with Crippen LogP contribution in [0, 0.1) is 9.39 Å². The predicted octanol–water partition coefficient (Wildman–Crippen LogP) is 5.45. The van der Waals surface area contributed by atoms with Crippen LogP contribution >= 0.6 is 22.6 Å². The second-order valence-corrected chi connectivity index (χ2v) is 6.87. The van der Waals surface area contributed by atoms with Crippen molar-refractivity contribution in [1.82, 2.24) is 5.32 Å². The van der Waals surface area contributed by atoms with Gasteiger partial charge in [0.2, 0.25) is 0 Å². The van der Waals surface area contributed by atoms with Gasteiger partial charge in [-0.3, -0.25) is 0 Å². The van der Waals surface area contributed by atoms with Crippen molar-refractivity contribution in [2.24, 2.45) is 0 Å². The topological polar surface area (TPSA) is 38.3 Å². The maximum atomic E-state index is 13.3. The minimum absolute atomic E-state index is 0.189. The summed E-state index contributed by atoms with van der Waals surface area (Å²) in [6.45, 7) is 0.189. The maximum Gasteiger partial charge on any atom is 0.408 e. The minimum Gasteiger partial charge on any atom is -0.445 e. The Kier molecular flexibility index (Phi) is 6.22. The van der Waals surface area contributed by atoms with Crippen molar-refractivity contribution < 1.29 is 13.9 Å².